The van der Waals surface area contributed by atoms with Crippen molar-refractivity contribution < 1.29 is 19.2 Å². The highest BCUT2D eigenvalue weighted by molar-refractivity contribution is 8.00. The molecule has 1 heterocycles. The Hall–Kier alpha value is -1.54. The van der Waals surface area contributed by atoms with Crippen LogP contribution >= 0.6 is 11.8 Å². The molecule has 1 aromatic rings. The van der Waals surface area contributed by atoms with Crippen molar-refractivity contribution in [2.75, 3.05) is 11.5 Å². The van der Waals surface area contributed by atoms with E-state index in [0.29, 0.717) is 10.5 Å². The molecule has 3 N–H and O–H groups in total. The van der Waals surface area contributed by atoms with Gasteiger partial charge >= 0.3 is 5.97 Å². The van der Waals surface area contributed by atoms with Crippen molar-refractivity contribution in [1.82, 2.24) is 4.74 Å². The number of nitrogens with zero attached hydrogens (tertiary/aromatic N) is 1. The molecule has 0 amide bonds. The number of hydrogen-bond donors (Lipinski definition) is 2. The number of rotatable bonds is 5. The van der Waals surface area contributed by atoms with Crippen LogP contribution in [0.4, 0.5) is 0 Å². The van der Waals surface area contributed by atoms with E-state index in [1.807, 2.05) is 0 Å². The molecule has 0 saturated heterocycles. The average molecular weight is 260 g/mol. The van der Waals surface area contributed by atoms with E-state index in [9.17, 15) is 14.4 Å². The second-order valence-electron chi connectivity index (χ2n) is 3.33. The number of aliphatic carboxylic acids is 1. The van der Waals surface area contributed by atoms with Gasteiger partial charge in [0.25, 0.3) is 11.5 Å². The Morgan fingerprint density at radius 1 is 1.65 bits per heavy atom. The topological polar surface area (TPSA) is 116 Å². The van der Waals surface area contributed by atoms with Crippen molar-refractivity contribution in [3.63, 3.8) is 0 Å². The Morgan fingerprint density at radius 2 is 2.29 bits per heavy atom. The number of carbonyl (C=O) groups is 2. The number of carboxylic acids is 1. The molecule has 0 aliphatic carbocycles. The summed E-state index contributed by atoms with van der Waals surface area (Å²) in [5.41, 5.74) is 4.72. The third kappa shape index (κ3) is 3.75. The van der Waals surface area contributed by atoms with E-state index in [1.165, 1.54) is 6.07 Å². The number of carbonyl (C=O) groups excluding carboxylic acids is 1. The van der Waals surface area contributed by atoms with Gasteiger partial charge in [0.05, 0.1) is 5.75 Å². The molecular formula is C9H12N2O5S. The second-order valence-corrected chi connectivity index (χ2v) is 4.36. The number of carboxylic acid groups (broad SMARTS) is 1. The fraction of sp³-hybridized carbons (Fsp3) is 0.444. The van der Waals surface area contributed by atoms with Gasteiger partial charge in [-0.3, -0.25) is 14.4 Å². The molecule has 94 valence electrons. The van der Waals surface area contributed by atoms with Gasteiger partial charge in [-0.1, -0.05) is 0 Å². The number of thioether (sulfide) groups is 1. The van der Waals surface area contributed by atoms with Crippen LogP contribution in [0.5, 0.6) is 0 Å². The Balaban J connectivity index is 2.48. The molecule has 0 radical (unpaired) electrons. The van der Waals surface area contributed by atoms with Gasteiger partial charge in [-0.25, -0.2) is 0 Å². The fourth-order valence-corrected chi connectivity index (χ4v) is 1.83. The lowest BCUT2D eigenvalue weighted by Crippen LogP contribution is -2.33. The first-order chi connectivity index (χ1) is 7.91. The summed E-state index contributed by atoms with van der Waals surface area (Å²) in [6.07, 6.45) is 0. The van der Waals surface area contributed by atoms with Crippen LogP contribution < -0.4 is 11.3 Å². The van der Waals surface area contributed by atoms with Gasteiger partial charge in [-0.15, -0.1) is 16.5 Å². The normalized spacial score (nSPS) is 12.4. The molecule has 0 unspecified atom stereocenters. The van der Waals surface area contributed by atoms with Gasteiger partial charge in [-0.2, -0.15) is 0 Å². The summed E-state index contributed by atoms with van der Waals surface area (Å²) in [6, 6.07) is 0.175. The number of aromatic nitrogens is 1. The quantitative estimate of drug-likeness (QED) is 0.735. The lowest BCUT2D eigenvalue weighted by atomic mass is 10.4. The number of hydrogen-bond acceptors (Lipinski definition) is 6. The van der Waals surface area contributed by atoms with Gasteiger partial charge in [0, 0.05) is 11.8 Å². The molecule has 0 aromatic carbocycles. The molecule has 0 saturated carbocycles. The van der Waals surface area contributed by atoms with Crippen LogP contribution in [0.1, 0.15) is 10.6 Å². The fourth-order valence-electron chi connectivity index (χ4n) is 1.02. The summed E-state index contributed by atoms with van der Waals surface area (Å²) in [6.45, 7) is 1.55. The average Bonchev–Trinajstić information content (AvgIpc) is 2.57. The highest BCUT2D eigenvalue weighted by atomic mass is 32.2. The third-order valence-corrected chi connectivity index (χ3v) is 2.87. The molecule has 0 bridgehead atoms. The molecule has 8 heteroatoms. The smallest absolute Gasteiger partial charge is 0.321 e. The van der Waals surface area contributed by atoms with E-state index >= 15 is 0 Å². The molecule has 0 aliphatic rings. The van der Waals surface area contributed by atoms with Crippen LogP contribution in [-0.2, 0) is 4.79 Å². The van der Waals surface area contributed by atoms with E-state index < -0.39 is 23.5 Å². The lowest BCUT2D eigenvalue weighted by Gasteiger charge is -2.04. The minimum absolute atomic E-state index is 0.0617. The predicted molar refractivity (Wildman–Crippen MR) is 61.3 cm³/mol. The van der Waals surface area contributed by atoms with Crippen LogP contribution in [0.3, 0.4) is 0 Å². The van der Waals surface area contributed by atoms with Crippen molar-refractivity contribution in [3.05, 3.63) is 22.2 Å². The third-order valence-electron chi connectivity index (χ3n) is 1.83. The SMILES string of the molecule is Cc1cc(=O)n(C(=O)CSC[C@H](N)C(=O)O)o1. The first-order valence-corrected chi connectivity index (χ1v) is 5.86. The van der Waals surface area contributed by atoms with E-state index in [1.54, 1.807) is 6.92 Å². The van der Waals surface area contributed by atoms with Gasteiger partial charge in [0.15, 0.2) is 0 Å². The van der Waals surface area contributed by atoms with Crippen LogP contribution in [0.25, 0.3) is 0 Å². The Kier molecular flexibility index (Phi) is 4.53. The first kappa shape index (κ1) is 13.5. The largest absolute Gasteiger partial charge is 0.480 e. The summed E-state index contributed by atoms with van der Waals surface area (Å²) >= 11 is 1.04. The van der Waals surface area contributed by atoms with Crippen LogP contribution in [0.15, 0.2) is 15.4 Å². The minimum atomic E-state index is -1.13. The number of aryl methyl sites for hydroxylation is 1. The molecule has 1 rings (SSSR count). The van der Waals surface area contributed by atoms with Crippen molar-refractivity contribution in [3.8, 4) is 0 Å². The van der Waals surface area contributed by atoms with Crippen LogP contribution in [0, 0.1) is 6.92 Å². The van der Waals surface area contributed by atoms with Crippen molar-refractivity contribution in [1.29, 1.82) is 0 Å². The molecule has 0 aliphatic heterocycles. The summed E-state index contributed by atoms with van der Waals surface area (Å²) in [5.74, 6) is -1.29. The summed E-state index contributed by atoms with van der Waals surface area (Å²) in [5, 5.41) is 8.51. The van der Waals surface area contributed by atoms with Gasteiger partial charge in [-0.05, 0) is 6.92 Å². The molecule has 0 fully saturated rings. The van der Waals surface area contributed by atoms with Crippen molar-refractivity contribution >= 4 is 23.6 Å². The Bertz CT molecular complexity index is 478. The molecule has 1 aromatic heterocycles. The van der Waals surface area contributed by atoms with E-state index in [0.717, 1.165) is 11.8 Å². The monoisotopic (exact) mass is 260 g/mol. The molecule has 0 spiro atoms. The summed E-state index contributed by atoms with van der Waals surface area (Å²) in [7, 11) is 0. The number of nitrogens with two attached hydrogens (primary N) is 1. The van der Waals surface area contributed by atoms with Gasteiger partial charge < -0.3 is 15.4 Å². The maximum absolute atomic E-state index is 11.5. The van der Waals surface area contributed by atoms with Crippen molar-refractivity contribution in [2.24, 2.45) is 5.73 Å². The minimum Gasteiger partial charge on any atom is -0.480 e. The van der Waals surface area contributed by atoms with Crippen LogP contribution in [-0.4, -0.2) is 39.3 Å². The molecule has 1 atom stereocenters. The first-order valence-electron chi connectivity index (χ1n) is 4.71. The summed E-state index contributed by atoms with van der Waals surface area (Å²) < 4.78 is 5.52. The Labute approximate surface area is 101 Å². The Morgan fingerprint density at radius 3 is 2.76 bits per heavy atom. The molecule has 17 heavy (non-hydrogen) atoms. The zero-order valence-electron chi connectivity index (χ0n) is 9.08. The van der Waals surface area contributed by atoms with E-state index in [4.69, 9.17) is 15.4 Å². The highest BCUT2D eigenvalue weighted by Gasteiger charge is 2.15. The highest BCUT2D eigenvalue weighted by Crippen LogP contribution is 2.04. The zero-order valence-corrected chi connectivity index (χ0v) is 9.90. The van der Waals surface area contributed by atoms with Crippen molar-refractivity contribution in [2.45, 2.75) is 13.0 Å². The van der Waals surface area contributed by atoms with E-state index in [2.05, 4.69) is 0 Å². The van der Waals surface area contributed by atoms with E-state index in [-0.39, 0.29) is 11.5 Å². The lowest BCUT2D eigenvalue weighted by molar-refractivity contribution is -0.137. The maximum atomic E-state index is 11.5. The molecular weight excluding hydrogens is 248 g/mol. The summed E-state index contributed by atoms with van der Waals surface area (Å²) in [4.78, 5) is 33.1. The zero-order chi connectivity index (χ0) is 13.0. The van der Waals surface area contributed by atoms with Gasteiger partial charge in [0.1, 0.15) is 11.8 Å². The second kappa shape index (κ2) is 5.69. The van der Waals surface area contributed by atoms with Crippen LogP contribution in [0.2, 0.25) is 0 Å². The standard InChI is InChI=1S/C9H12N2O5S/c1-5-2-7(12)11(16-5)8(13)4-17-3-6(10)9(14)15/h2,6H,3-4,10H2,1H3,(H,14,15)/t6-/m0/s1. The molecule has 7 nitrogen and oxygen atoms in total. The maximum Gasteiger partial charge on any atom is 0.321 e. The van der Waals surface area contributed by atoms with Gasteiger partial charge in [0.2, 0.25) is 0 Å². The predicted octanol–water partition coefficient (Wildman–Crippen LogP) is -0.465.